The Morgan fingerprint density at radius 2 is 1.48 bits per heavy atom. The first-order chi connectivity index (χ1) is 14.2. The van der Waals surface area contributed by atoms with Crippen LogP contribution in [0.3, 0.4) is 0 Å². The fourth-order valence-corrected chi connectivity index (χ4v) is 4.08. The molecule has 1 heterocycles. The first-order valence-electron chi connectivity index (χ1n) is 9.39. The predicted octanol–water partition coefficient (Wildman–Crippen LogP) is 4.12. The van der Waals surface area contributed by atoms with E-state index in [0.29, 0.717) is 16.7 Å². The van der Waals surface area contributed by atoms with Crippen molar-refractivity contribution in [3.8, 4) is 11.8 Å². The van der Waals surface area contributed by atoms with Crippen LogP contribution in [0.25, 0.3) is 0 Å². The van der Waals surface area contributed by atoms with E-state index in [2.05, 4.69) is 11.8 Å². The highest BCUT2D eigenvalue weighted by molar-refractivity contribution is 6.21. The van der Waals surface area contributed by atoms with Crippen LogP contribution >= 0.6 is 0 Å². The number of rotatable bonds is 2. The Kier molecular flexibility index (Phi) is 4.04. The number of fused-ring (bicyclic) bond motifs is 3. The average molecular weight is 379 g/mol. The maximum Gasteiger partial charge on any atom is 0.262 e. The van der Waals surface area contributed by atoms with Crippen LogP contribution in [0, 0.1) is 11.8 Å². The Bertz CT molecular complexity index is 1200. The van der Waals surface area contributed by atoms with Gasteiger partial charge in [0.15, 0.2) is 0 Å². The van der Waals surface area contributed by atoms with Crippen molar-refractivity contribution in [1.82, 2.24) is 4.90 Å². The minimum absolute atomic E-state index is 0.290. The van der Waals surface area contributed by atoms with E-state index in [4.69, 9.17) is 4.74 Å². The van der Waals surface area contributed by atoms with Crippen molar-refractivity contribution in [1.29, 1.82) is 0 Å². The Morgan fingerprint density at radius 1 is 0.759 bits per heavy atom. The van der Waals surface area contributed by atoms with Crippen LogP contribution in [0.4, 0.5) is 0 Å². The summed E-state index contributed by atoms with van der Waals surface area (Å²) in [5.41, 5.74) is 4.28. The Labute approximate surface area is 168 Å². The summed E-state index contributed by atoms with van der Waals surface area (Å²) >= 11 is 0. The van der Waals surface area contributed by atoms with E-state index in [1.165, 1.54) is 4.90 Å². The third-order valence-electron chi connectivity index (χ3n) is 5.44. The van der Waals surface area contributed by atoms with Crippen LogP contribution in [-0.2, 0) is 4.74 Å². The molecule has 1 aliphatic carbocycles. The fraction of sp³-hybridized carbons (Fsp3) is 0.120. The quantitative estimate of drug-likeness (QED) is 0.497. The van der Waals surface area contributed by atoms with Crippen LogP contribution < -0.4 is 0 Å². The summed E-state index contributed by atoms with van der Waals surface area (Å²) in [5.74, 6) is 5.57. The first kappa shape index (κ1) is 17.4. The fourth-order valence-electron chi connectivity index (χ4n) is 4.08. The lowest BCUT2D eigenvalue weighted by Gasteiger charge is -2.28. The number of ether oxygens (including phenoxy) is 1. The zero-order valence-electron chi connectivity index (χ0n) is 15.8. The normalized spacial score (nSPS) is 19.1. The third kappa shape index (κ3) is 2.75. The second-order valence-electron chi connectivity index (χ2n) is 7.13. The van der Waals surface area contributed by atoms with Gasteiger partial charge in [0.25, 0.3) is 11.8 Å². The summed E-state index contributed by atoms with van der Waals surface area (Å²) in [5, 5.41) is 0. The van der Waals surface area contributed by atoms with Gasteiger partial charge in [-0.2, -0.15) is 0 Å². The van der Waals surface area contributed by atoms with Gasteiger partial charge in [0.1, 0.15) is 6.10 Å². The number of carbonyl (C=O) groups is 2. The minimum atomic E-state index is -0.448. The molecule has 0 radical (unpaired) electrons. The number of benzene rings is 3. The molecule has 4 nitrogen and oxygen atoms in total. The van der Waals surface area contributed by atoms with Crippen molar-refractivity contribution in [3.63, 3.8) is 0 Å². The summed E-state index contributed by atoms with van der Waals surface area (Å²) in [7, 11) is 1.60. The number of carbonyl (C=O) groups excluding carboxylic acids is 2. The van der Waals surface area contributed by atoms with E-state index in [9.17, 15) is 9.59 Å². The van der Waals surface area contributed by atoms with E-state index >= 15 is 0 Å². The average Bonchev–Trinajstić information content (AvgIpc) is 3.15. The molecule has 2 bridgehead atoms. The summed E-state index contributed by atoms with van der Waals surface area (Å²) in [6, 6.07) is 22.2. The molecule has 3 aromatic carbocycles. The molecule has 140 valence electrons. The zero-order chi connectivity index (χ0) is 20.0. The SMILES string of the molecule is COC1c2cccc(c2)C1N1C(=O)c2ccc(C#Cc3ccccc3)cc2C1=O. The van der Waals surface area contributed by atoms with Crippen molar-refractivity contribution >= 4 is 11.8 Å². The second-order valence-corrected chi connectivity index (χ2v) is 7.13. The maximum absolute atomic E-state index is 13.2. The highest BCUT2D eigenvalue weighted by Crippen LogP contribution is 2.45. The molecule has 2 atom stereocenters. The number of methoxy groups -OCH3 is 1. The van der Waals surface area contributed by atoms with E-state index in [0.717, 1.165) is 16.7 Å². The Hall–Kier alpha value is -3.68. The number of imide groups is 1. The van der Waals surface area contributed by atoms with E-state index < -0.39 is 6.04 Å². The molecule has 2 amide bonds. The molecule has 4 heteroatoms. The standard InChI is InChI=1S/C25H17NO3/c1-29-23-19-9-5-8-18(15-19)22(23)26-24(27)20-13-12-17(14-21(20)25(26)28)11-10-16-6-3-2-4-7-16/h2-9,12-15,22-23H,1H3. The molecule has 0 fully saturated rings. The van der Waals surface area contributed by atoms with E-state index in [1.807, 2.05) is 54.6 Å². The first-order valence-corrected chi connectivity index (χ1v) is 9.39. The van der Waals surface area contributed by atoms with Crippen LogP contribution in [0.5, 0.6) is 0 Å². The van der Waals surface area contributed by atoms with Crippen LogP contribution in [0.1, 0.15) is 55.1 Å². The third-order valence-corrected chi connectivity index (χ3v) is 5.44. The zero-order valence-corrected chi connectivity index (χ0v) is 15.8. The lowest BCUT2D eigenvalue weighted by Crippen LogP contribution is -2.36. The molecular formula is C25H17NO3. The number of amides is 2. The van der Waals surface area contributed by atoms with Crippen LogP contribution in [0.15, 0.2) is 72.8 Å². The molecule has 0 N–H and O–H groups in total. The van der Waals surface area contributed by atoms with Crippen LogP contribution in [-0.4, -0.2) is 23.8 Å². The number of hydrogen-bond acceptors (Lipinski definition) is 3. The summed E-state index contributed by atoms with van der Waals surface area (Å²) in [6.07, 6.45) is -0.348. The molecule has 0 saturated carbocycles. The van der Waals surface area contributed by atoms with Gasteiger partial charge in [-0.15, -0.1) is 0 Å². The van der Waals surface area contributed by atoms with Crippen molar-refractivity contribution in [2.24, 2.45) is 0 Å². The maximum atomic E-state index is 13.2. The molecule has 0 spiro atoms. The smallest absolute Gasteiger partial charge is 0.262 e. The molecule has 2 unspecified atom stereocenters. The van der Waals surface area contributed by atoms with Gasteiger partial charge in [0, 0.05) is 18.2 Å². The molecule has 29 heavy (non-hydrogen) atoms. The van der Waals surface area contributed by atoms with Crippen molar-refractivity contribution in [3.05, 3.63) is 106 Å². The van der Waals surface area contributed by atoms with Gasteiger partial charge in [0.05, 0.1) is 17.2 Å². The predicted molar refractivity (Wildman–Crippen MR) is 108 cm³/mol. The molecule has 5 rings (SSSR count). The van der Waals surface area contributed by atoms with Crippen molar-refractivity contribution in [2.45, 2.75) is 12.1 Å². The molecule has 0 saturated heterocycles. The van der Waals surface area contributed by atoms with Gasteiger partial charge in [0.2, 0.25) is 0 Å². The number of nitrogens with zero attached hydrogens (tertiary/aromatic N) is 1. The van der Waals surface area contributed by atoms with Crippen LogP contribution in [0.2, 0.25) is 0 Å². The molecule has 2 aliphatic rings. The largest absolute Gasteiger partial charge is 0.374 e. The van der Waals surface area contributed by atoms with Gasteiger partial charge in [-0.25, -0.2) is 0 Å². The van der Waals surface area contributed by atoms with Crippen molar-refractivity contribution in [2.75, 3.05) is 7.11 Å². The molecule has 1 aliphatic heterocycles. The summed E-state index contributed by atoms with van der Waals surface area (Å²) in [4.78, 5) is 27.6. The molecular weight excluding hydrogens is 362 g/mol. The highest BCUT2D eigenvalue weighted by Gasteiger charge is 2.46. The second kappa shape index (κ2) is 6.73. The minimum Gasteiger partial charge on any atom is -0.374 e. The van der Waals surface area contributed by atoms with Crippen molar-refractivity contribution < 1.29 is 14.3 Å². The van der Waals surface area contributed by atoms with Gasteiger partial charge in [-0.3, -0.25) is 14.5 Å². The summed E-state index contributed by atoms with van der Waals surface area (Å²) < 4.78 is 5.63. The lowest BCUT2D eigenvalue weighted by atomic mass is 10.1. The Balaban J connectivity index is 1.50. The highest BCUT2D eigenvalue weighted by atomic mass is 16.5. The van der Waals surface area contributed by atoms with Gasteiger partial charge < -0.3 is 4.74 Å². The van der Waals surface area contributed by atoms with E-state index in [1.54, 1.807) is 25.3 Å². The van der Waals surface area contributed by atoms with Gasteiger partial charge >= 0.3 is 0 Å². The topological polar surface area (TPSA) is 46.6 Å². The molecule has 3 aromatic rings. The van der Waals surface area contributed by atoms with Gasteiger partial charge in [-0.05, 0) is 41.5 Å². The summed E-state index contributed by atoms with van der Waals surface area (Å²) in [6.45, 7) is 0. The van der Waals surface area contributed by atoms with Gasteiger partial charge in [-0.1, -0.05) is 54.3 Å². The number of hydrogen-bond donors (Lipinski definition) is 0. The lowest BCUT2D eigenvalue weighted by molar-refractivity contribution is 0.0193. The van der Waals surface area contributed by atoms with E-state index in [-0.39, 0.29) is 17.9 Å². The molecule has 0 aromatic heterocycles. The Morgan fingerprint density at radius 3 is 2.28 bits per heavy atom. The monoisotopic (exact) mass is 379 g/mol.